The average molecular weight is 378 g/mol. The highest BCUT2D eigenvalue weighted by Gasteiger charge is 2.09. The highest BCUT2D eigenvalue weighted by atomic mass is 32.2. The second kappa shape index (κ2) is 6.64. The molecule has 0 saturated carbocycles. The Morgan fingerprint density at radius 2 is 1.59 bits per heavy atom. The van der Waals surface area contributed by atoms with E-state index in [1.165, 1.54) is 6.26 Å². The molecule has 0 unspecified atom stereocenters. The molecule has 5 nitrogen and oxygen atoms in total. The molecule has 0 bridgehead atoms. The van der Waals surface area contributed by atoms with E-state index in [1.54, 1.807) is 24.3 Å². The molecule has 0 fully saturated rings. The Kier molecular flexibility index (Phi) is 4.30. The molecule has 2 aromatic heterocycles. The standard InChI is InChI=1S/C21H18N2O3S/c1-27(25,26)19-8-6-16(7-9-19)18-10-11-23-20(13-22-21(23)12-18)17-4-2-15(14-24)3-5-17/h2-13,24H,14H2,1H3. The van der Waals surface area contributed by atoms with E-state index in [0.717, 1.165) is 33.6 Å². The normalized spacial score (nSPS) is 11.8. The third-order valence-electron chi connectivity index (χ3n) is 4.56. The van der Waals surface area contributed by atoms with Crippen LogP contribution in [0.25, 0.3) is 28.0 Å². The number of pyridine rings is 1. The van der Waals surface area contributed by atoms with E-state index < -0.39 is 9.84 Å². The van der Waals surface area contributed by atoms with Crippen molar-refractivity contribution in [2.45, 2.75) is 11.5 Å². The van der Waals surface area contributed by atoms with Gasteiger partial charge in [0.2, 0.25) is 0 Å². The molecule has 0 atom stereocenters. The maximum Gasteiger partial charge on any atom is 0.175 e. The molecular weight excluding hydrogens is 360 g/mol. The number of imidazole rings is 1. The van der Waals surface area contributed by atoms with Gasteiger partial charge in [-0.05, 0) is 41.0 Å². The summed E-state index contributed by atoms with van der Waals surface area (Å²) in [7, 11) is -3.20. The molecule has 0 saturated heterocycles. The summed E-state index contributed by atoms with van der Waals surface area (Å²) in [5.41, 5.74) is 5.56. The molecule has 0 aliphatic carbocycles. The van der Waals surface area contributed by atoms with Gasteiger partial charge < -0.3 is 5.11 Å². The number of benzene rings is 2. The summed E-state index contributed by atoms with van der Waals surface area (Å²) < 4.78 is 25.2. The first-order valence-electron chi connectivity index (χ1n) is 8.43. The van der Waals surface area contributed by atoms with Gasteiger partial charge in [0, 0.05) is 18.0 Å². The van der Waals surface area contributed by atoms with Crippen LogP contribution in [-0.2, 0) is 16.4 Å². The molecule has 136 valence electrons. The predicted octanol–water partition coefficient (Wildman–Crippen LogP) is 3.56. The number of nitrogens with zero attached hydrogens (tertiary/aromatic N) is 2. The van der Waals surface area contributed by atoms with Gasteiger partial charge in [-0.3, -0.25) is 4.40 Å². The van der Waals surface area contributed by atoms with Crippen molar-refractivity contribution in [3.05, 3.63) is 78.6 Å². The fraction of sp³-hybridized carbons (Fsp3) is 0.0952. The van der Waals surface area contributed by atoms with E-state index in [4.69, 9.17) is 0 Å². The minimum absolute atomic E-state index is 0.0227. The summed E-state index contributed by atoms with van der Waals surface area (Å²) in [6.45, 7) is 0.0227. The lowest BCUT2D eigenvalue weighted by molar-refractivity contribution is 0.282. The summed E-state index contributed by atoms with van der Waals surface area (Å²) in [5, 5.41) is 9.18. The quantitative estimate of drug-likeness (QED) is 0.589. The smallest absolute Gasteiger partial charge is 0.175 e. The van der Waals surface area contributed by atoms with Gasteiger partial charge in [0.05, 0.1) is 23.4 Å². The largest absolute Gasteiger partial charge is 0.392 e. The summed E-state index contributed by atoms with van der Waals surface area (Å²) in [5.74, 6) is 0. The maximum atomic E-state index is 11.6. The lowest BCUT2D eigenvalue weighted by Crippen LogP contribution is -1.96. The van der Waals surface area contributed by atoms with Crippen molar-refractivity contribution in [2.24, 2.45) is 0 Å². The summed E-state index contributed by atoms with van der Waals surface area (Å²) in [6.07, 6.45) is 4.98. The molecule has 0 radical (unpaired) electrons. The number of aromatic nitrogens is 2. The number of aliphatic hydroxyl groups is 1. The van der Waals surface area contributed by atoms with Crippen LogP contribution in [-0.4, -0.2) is 29.2 Å². The predicted molar refractivity (Wildman–Crippen MR) is 105 cm³/mol. The van der Waals surface area contributed by atoms with Crippen LogP contribution in [0, 0.1) is 0 Å². The maximum absolute atomic E-state index is 11.6. The fourth-order valence-corrected chi connectivity index (χ4v) is 3.68. The minimum Gasteiger partial charge on any atom is -0.392 e. The molecule has 1 N–H and O–H groups in total. The van der Waals surface area contributed by atoms with Crippen LogP contribution in [0.2, 0.25) is 0 Å². The van der Waals surface area contributed by atoms with E-state index in [1.807, 2.05) is 53.2 Å². The number of aliphatic hydroxyl groups excluding tert-OH is 1. The molecule has 2 heterocycles. The van der Waals surface area contributed by atoms with Gasteiger partial charge in [-0.15, -0.1) is 0 Å². The van der Waals surface area contributed by atoms with Crippen LogP contribution < -0.4 is 0 Å². The zero-order valence-electron chi connectivity index (χ0n) is 14.7. The molecule has 6 heteroatoms. The zero-order valence-corrected chi connectivity index (χ0v) is 15.5. The molecule has 4 aromatic rings. The summed E-state index contributed by atoms with van der Waals surface area (Å²) in [6, 6.07) is 18.5. The van der Waals surface area contributed by atoms with Crippen molar-refractivity contribution in [3.8, 4) is 22.4 Å². The zero-order chi connectivity index (χ0) is 19.0. The molecule has 4 rings (SSSR count). The number of sulfone groups is 1. The van der Waals surface area contributed by atoms with Crippen LogP contribution in [0.4, 0.5) is 0 Å². The van der Waals surface area contributed by atoms with Crippen LogP contribution in [0.15, 0.2) is 78.0 Å². The highest BCUT2D eigenvalue weighted by Crippen LogP contribution is 2.26. The molecule has 27 heavy (non-hydrogen) atoms. The van der Waals surface area contributed by atoms with Crippen LogP contribution in [0.1, 0.15) is 5.56 Å². The number of hydrogen-bond acceptors (Lipinski definition) is 4. The second-order valence-electron chi connectivity index (χ2n) is 6.44. The van der Waals surface area contributed by atoms with Gasteiger partial charge in [0.15, 0.2) is 9.84 Å². The SMILES string of the molecule is CS(=O)(=O)c1ccc(-c2ccn3c(-c4ccc(CO)cc4)cnc3c2)cc1. The van der Waals surface area contributed by atoms with Crippen molar-refractivity contribution >= 4 is 15.5 Å². The third kappa shape index (κ3) is 3.37. The first-order valence-corrected chi connectivity index (χ1v) is 10.3. The van der Waals surface area contributed by atoms with Gasteiger partial charge in [-0.25, -0.2) is 13.4 Å². The van der Waals surface area contributed by atoms with Gasteiger partial charge in [-0.2, -0.15) is 0 Å². The number of rotatable bonds is 4. The van der Waals surface area contributed by atoms with Crippen LogP contribution >= 0.6 is 0 Å². The number of fused-ring (bicyclic) bond motifs is 1. The lowest BCUT2D eigenvalue weighted by atomic mass is 10.1. The van der Waals surface area contributed by atoms with Gasteiger partial charge in [0.25, 0.3) is 0 Å². The van der Waals surface area contributed by atoms with Crippen LogP contribution in [0.3, 0.4) is 0 Å². The molecule has 0 aliphatic rings. The van der Waals surface area contributed by atoms with Crippen molar-refractivity contribution in [1.29, 1.82) is 0 Å². The van der Waals surface area contributed by atoms with E-state index in [0.29, 0.717) is 4.90 Å². The van der Waals surface area contributed by atoms with Crippen molar-refractivity contribution in [2.75, 3.05) is 6.26 Å². The number of hydrogen-bond donors (Lipinski definition) is 1. The topological polar surface area (TPSA) is 71.7 Å². The summed E-state index contributed by atoms with van der Waals surface area (Å²) >= 11 is 0. The molecular formula is C21H18N2O3S. The first-order chi connectivity index (χ1) is 13.0. The summed E-state index contributed by atoms with van der Waals surface area (Å²) in [4.78, 5) is 4.81. The van der Waals surface area contributed by atoms with E-state index in [9.17, 15) is 13.5 Å². The highest BCUT2D eigenvalue weighted by molar-refractivity contribution is 7.90. The first kappa shape index (κ1) is 17.5. The molecule has 0 spiro atoms. The third-order valence-corrected chi connectivity index (χ3v) is 5.69. The van der Waals surface area contributed by atoms with Gasteiger partial charge in [-0.1, -0.05) is 36.4 Å². The Morgan fingerprint density at radius 3 is 2.22 bits per heavy atom. The van der Waals surface area contributed by atoms with Crippen LogP contribution in [0.5, 0.6) is 0 Å². The van der Waals surface area contributed by atoms with E-state index >= 15 is 0 Å². The monoisotopic (exact) mass is 378 g/mol. The van der Waals surface area contributed by atoms with E-state index in [-0.39, 0.29) is 6.61 Å². The Morgan fingerprint density at radius 1 is 0.926 bits per heavy atom. The average Bonchev–Trinajstić information content (AvgIpc) is 3.10. The van der Waals surface area contributed by atoms with Crippen molar-refractivity contribution in [3.63, 3.8) is 0 Å². The molecule has 2 aromatic carbocycles. The van der Waals surface area contributed by atoms with Crippen molar-refractivity contribution < 1.29 is 13.5 Å². The lowest BCUT2D eigenvalue weighted by Gasteiger charge is -2.06. The Bertz CT molecular complexity index is 1210. The van der Waals surface area contributed by atoms with Crippen molar-refractivity contribution in [1.82, 2.24) is 9.38 Å². The Hall–Kier alpha value is -2.96. The van der Waals surface area contributed by atoms with E-state index in [2.05, 4.69) is 4.98 Å². The molecule has 0 aliphatic heterocycles. The minimum atomic E-state index is -3.20. The fourth-order valence-electron chi connectivity index (χ4n) is 3.05. The van der Waals surface area contributed by atoms with Gasteiger partial charge >= 0.3 is 0 Å². The molecule has 0 amide bonds. The second-order valence-corrected chi connectivity index (χ2v) is 8.45. The van der Waals surface area contributed by atoms with Gasteiger partial charge in [0.1, 0.15) is 5.65 Å². The Labute approximate surface area is 157 Å². The Balaban J connectivity index is 1.71.